The zero-order chi connectivity index (χ0) is 15.1. The summed E-state index contributed by atoms with van der Waals surface area (Å²) in [7, 11) is -3.78. The minimum atomic E-state index is -3.78. The molecule has 108 valence electrons. The summed E-state index contributed by atoms with van der Waals surface area (Å²) in [6.45, 7) is 2.05. The largest absolute Gasteiger partial charge is 0.297 e. The number of rotatable bonds is 4. The number of Topliss-reactive ketones (excluding diaryl/α,β-unsaturated/α-hetero) is 1. The van der Waals surface area contributed by atoms with Gasteiger partial charge in [-0.3, -0.25) is 9.59 Å². The SMILES string of the molecule is CC1(C)C(=O)N(CC(=O)Cc2ccccc2F)S1(=O)=O. The minimum Gasteiger partial charge on any atom is -0.297 e. The van der Waals surface area contributed by atoms with E-state index in [4.69, 9.17) is 0 Å². The molecule has 1 saturated heterocycles. The second-order valence-electron chi connectivity index (χ2n) is 5.13. The van der Waals surface area contributed by atoms with Crippen LogP contribution < -0.4 is 0 Å². The summed E-state index contributed by atoms with van der Waals surface area (Å²) in [5.41, 5.74) is 0.183. The van der Waals surface area contributed by atoms with Gasteiger partial charge in [-0.1, -0.05) is 18.2 Å². The van der Waals surface area contributed by atoms with Crippen LogP contribution in [0.25, 0.3) is 0 Å². The Kier molecular flexibility index (Phi) is 3.41. The quantitative estimate of drug-likeness (QED) is 0.827. The number of sulfonamides is 1. The second-order valence-corrected chi connectivity index (χ2v) is 7.55. The van der Waals surface area contributed by atoms with E-state index < -0.39 is 38.8 Å². The minimum absolute atomic E-state index is 0.183. The third-order valence-electron chi connectivity index (χ3n) is 3.34. The lowest BCUT2D eigenvalue weighted by Crippen LogP contribution is -2.68. The average molecular weight is 299 g/mol. The summed E-state index contributed by atoms with van der Waals surface area (Å²) < 4.78 is 36.1. The van der Waals surface area contributed by atoms with Crippen molar-refractivity contribution >= 4 is 21.7 Å². The van der Waals surface area contributed by atoms with E-state index in [1.807, 2.05) is 0 Å². The molecular formula is C13H14FNO4S. The van der Waals surface area contributed by atoms with Crippen molar-refractivity contribution in [1.82, 2.24) is 4.31 Å². The number of hydrogen-bond acceptors (Lipinski definition) is 4. The van der Waals surface area contributed by atoms with Gasteiger partial charge in [-0.05, 0) is 25.5 Å². The van der Waals surface area contributed by atoms with Crippen molar-refractivity contribution in [3.8, 4) is 0 Å². The van der Waals surface area contributed by atoms with Crippen molar-refractivity contribution in [3.05, 3.63) is 35.6 Å². The molecule has 0 unspecified atom stereocenters. The highest BCUT2D eigenvalue weighted by molar-refractivity contribution is 7.94. The van der Waals surface area contributed by atoms with Gasteiger partial charge in [-0.25, -0.2) is 17.1 Å². The van der Waals surface area contributed by atoms with Crippen molar-refractivity contribution in [2.45, 2.75) is 25.0 Å². The fourth-order valence-corrected chi connectivity index (χ4v) is 3.49. The van der Waals surface area contributed by atoms with E-state index in [-0.39, 0.29) is 12.0 Å². The smallest absolute Gasteiger partial charge is 0.259 e. The molecule has 0 saturated carbocycles. The Hall–Kier alpha value is -1.76. The molecule has 1 amide bonds. The van der Waals surface area contributed by atoms with Gasteiger partial charge in [0.05, 0.1) is 6.54 Å². The summed E-state index contributed by atoms with van der Waals surface area (Å²) in [6.07, 6.45) is -0.244. The molecule has 0 aromatic heterocycles. The maximum Gasteiger partial charge on any atom is 0.259 e. The highest BCUT2D eigenvalue weighted by Gasteiger charge is 2.60. The number of hydrogen-bond donors (Lipinski definition) is 0. The van der Waals surface area contributed by atoms with Crippen LogP contribution in [0, 0.1) is 5.82 Å². The maximum absolute atomic E-state index is 13.4. The van der Waals surface area contributed by atoms with Crippen LogP contribution in [0.15, 0.2) is 24.3 Å². The molecule has 0 bridgehead atoms. The monoisotopic (exact) mass is 299 g/mol. The zero-order valence-corrected chi connectivity index (χ0v) is 11.9. The summed E-state index contributed by atoms with van der Waals surface area (Å²) in [4.78, 5) is 23.5. The summed E-state index contributed by atoms with van der Waals surface area (Å²) in [6, 6.07) is 5.75. The molecule has 0 atom stereocenters. The Labute approximate surface area is 116 Å². The van der Waals surface area contributed by atoms with Gasteiger partial charge in [0.15, 0.2) is 10.5 Å². The molecule has 0 N–H and O–H groups in total. The second kappa shape index (κ2) is 4.66. The van der Waals surface area contributed by atoms with Crippen LogP contribution in [0.5, 0.6) is 0 Å². The fraction of sp³-hybridized carbons (Fsp3) is 0.385. The van der Waals surface area contributed by atoms with Crippen molar-refractivity contribution in [1.29, 1.82) is 0 Å². The Morgan fingerprint density at radius 3 is 2.45 bits per heavy atom. The van der Waals surface area contributed by atoms with Crippen molar-refractivity contribution in [2.75, 3.05) is 6.54 Å². The van der Waals surface area contributed by atoms with E-state index in [9.17, 15) is 22.4 Å². The molecular weight excluding hydrogens is 285 g/mol. The third kappa shape index (κ3) is 2.11. The van der Waals surface area contributed by atoms with Gasteiger partial charge in [0.2, 0.25) is 0 Å². The number of halogens is 1. The van der Waals surface area contributed by atoms with Crippen LogP contribution in [0.4, 0.5) is 4.39 Å². The summed E-state index contributed by atoms with van der Waals surface area (Å²) in [5, 5.41) is 0. The van der Waals surface area contributed by atoms with Crippen molar-refractivity contribution in [2.24, 2.45) is 0 Å². The number of nitrogens with zero attached hydrogens (tertiary/aromatic N) is 1. The molecule has 5 nitrogen and oxygen atoms in total. The number of amides is 1. The summed E-state index contributed by atoms with van der Waals surface area (Å²) in [5.74, 6) is -1.67. The standard InChI is InChI=1S/C13H14FNO4S/c1-13(2)12(17)15(20(13,18)19)8-10(16)7-9-5-3-4-6-11(9)14/h3-6H,7-8H2,1-2H3. The Morgan fingerprint density at radius 2 is 1.90 bits per heavy atom. The highest BCUT2D eigenvalue weighted by atomic mass is 32.2. The van der Waals surface area contributed by atoms with Gasteiger partial charge in [-0.2, -0.15) is 0 Å². The molecule has 0 radical (unpaired) electrons. The lowest BCUT2D eigenvalue weighted by molar-refractivity contribution is -0.135. The fourth-order valence-electron chi connectivity index (χ4n) is 1.98. The van der Waals surface area contributed by atoms with Gasteiger partial charge < -0.3 is 0 Å². The van der Waals surface area contributed by atoms with Gasteiger partial charge in [0.1, 0.15) is 5.82 Å². The molecule has 1 fully saturated rings. The van der Waals surface area contributed by atoms with Crippen molar-refractivity contribution in [3.63, 3.8) is 0 Å². The van der Waals surface area contributed by atoms with Crippen LogP contribution in [0.3, 0.4) is 0 Å². The van der Waals surface area contributed by atoms with Gasteiger partial charge >= 0.3 is 0 Å². The van der Waals surface area contributed by atoms with E-state index in [1.165, 1.54) is 32.0 Å². The molecule has 2 rings (SSSR count). The van der Waals surface area contributed by atoms with Crippen LogP contribution in [-0.4, -0.2) is 35.7 Å². The number of benzene rings is 1. The molecule has 7 heteroatoms. The third-order valence-corrected chi connectivity index (χ3v) is 5.68. The Balaban J connectivity index is 2.08. The lowest BCUT2D eigenvalue weighted by Gasteiger charge is -2.42. The molecule has 1 aromatic rings. The number of carbonyl (C=O) groups is 2. The maximum atomic E-state index is 13.4. The van der Waals surface area contributed by atoms with Crippen LogP contribution in [-0.2, 0) is 26.0 Å². The van der Waals surface area contributed by atoms with E-state index in [0.717, 1.165) is 0 Å². The van der Waals surface area contributed by atoms with Crippen molar-refractivity contribution < 1.29 is 22.4 Å². The first-order valence-electron chi connectivity index (χ1n) is 6.00. The first-order chi connectivity index (χ1) is 9.18. The molecule has 0 aliphatic carbocycles. The molecule has 1 aromatic carbocycles. The first-order valence-corrected chi connectivity index (χ1v) is 7.44. The van der Waals surface area contributed by atoms with E-state index in [1.54, 1.807) is 6.07 Å². The zero-order valence-electron chi connectivity index (χ0n) is 11.1. The topological polar surface area (TPSA) is 71.5 Å². The molecule has 0 spiro atoms. The Morgan fingerprint density at radius 1 is 1.30 bits per heavy atom. The molecule has 1 aliphatic rings. The highest BCUT2D eigenvalue weighted by Crippen LogP contribution is 2.34. The average Bonchev–Trinajstić information content (AvgIpc) is 2.37. The van der Waals surface area contributed by atoms with Gasteiger partial charge in [0.25, 0.3) is 15.9 Å². The Bertz CT molecular complexity index is 681. The molecule has 1 heterocycles. The number of carbonyl (C=O) groups excluding carboxylic acids is 2. The molecule has 20 heavy (non-hydrogen) atoms. The number of ketones is 1. The lowest BCUT2D eigenvalue weighted by atomic mass is 10.1. The van der Waals surface area contributed by atoms with E-state index in [2.05, 4.69) is 0 Å². The summed E-state index contributed by atoms with van der Waals surface area (Å²) >= 11 is 0. The predicted molar refractivity (Wildman–Crippen MR) is 69.8 cm³/mol. The molecule has 1 aliphatic heterocycles. The van der Waals surface area contributed by atoms with Crippen LogP contribution >= 0.6 is 0 Å². The van der Waals surface area contributed by atoms with Gasteiger partial charge in [-0.15, -0.1) is 0 Å². The van der Waals surface area contributed by atoms with Gasteiger partial charge in [0, 0.05) is 6.42 Å². The predicted octanol–water partition coefficient (Wildman–Crippen LogP) is 0.888. The van der Waals surface area contributed by atoms with E-state index in [0.29, 0.717) is 4.31 Å². The normalized spacial score (nSPS) is 19.6. The van der Waals surface area contributed by atoms with E-state index >= 15 is 0 Å². The first kappa shape index (κ1) is 14.6. The van der Waals surface area contributed by atoms with Crippen LogP contribution in [0.1, 0.15) is 19.4 Å². The van der Waals surface area contributed by atoms with Crippen LogP contribution in [0.2, 0.25) is 0 Å².